The zero-order valence-electron chi connectivity index (χ0n) is 18.8. The molecule has 11 heteroatoms. The molecule has 3 aromatic rings. The Morgan fingerprint density at radius 1 is 1.00 bits per heavy atom. The van der Waals surface area contributed by atoms with Crippen LogP contribution in [0.2, 0.25) is 0 Å². The lowest BCUT2D eigenvalue weighted by Gasteiger charge is -2.34. The molecular formula is C24H23F3N2O6. The van der Waals surface area contributed by atoms with Crippen LogP contribution in [-0.4, -0.2) is 65.9 Å². The number of alkyl halides is 3. The molecule has 0 spiro atoms. The fraction of sp³-hybridized carbons (Fsp3) is 0.333. The zero-order valence-corrected chi connectivity index (χ0v) is 18.8. The second-order valence-electron chi connectivity index (χ2n) is 8.14. The van der Waals surface area contributed by atoms with Crippen molar-refractivity contribution in [2.24, 2.45) is 0 Å². The second-order valence-corrected chi connectivity index (χ2v) is 8.14. The summed E-state index contributed by atoms with van der Waals surface area (Å²) in [5, 5.41) is 8.10. The van der Waals surface area contributed by atoms with E-state index in [2.05, 4.69) is 11.0 Å². The topological polar surface area (TPSA) is 92.5 Å². The molecule has 2 aromatic carbocycles. The largest absolute Gasteiger partial charge is 0.490 e. The molecule has 1 saturated heterocycles. The van der Waals surface area contributed by atoms with Crippen molar-refractivity contribution in [2.75, 3.05) is 33.0 Å². The van der Waals surface area contributed by atoms with Crippen LogP contribution >= 0.6 is 0 Å². The molecule has 1 fully saturated rings. The Morgan fingerprint density at radius 2 is 1.69 bits per heavy atom. The Morgan fingerprint density at radius 3 is 2.37 bits per heavy atom. The van der Waals surface area contributed by atoms with Crippen LogP contribution < -0.4 is 9.47 Å². The Bertz CT molecular complexity index is 1230. The van der Waals surface area contributed by atoms with Crippen molar-refractivity contribution in [3.63, 3.8) is 0 Å². The molecule has 1 N–H and O–H groups in total. The first-order valence-corrected chi connectivity index (χ1v) is 10.8. The maximum atomic E-state index is 13.0. The van der Waals surface area contributed by atoms with E-state index in [4.69, 9.17) is 23.8 Å². The summed E-state index contributed by atoms with van der Waals surface area (Å²) in [6.07, 6.45) is -5.08. The fourth-order valence-corrected chi connectivity index (χ4v) is 3.94. The number of carbonyl (C=O) groups is 2. The first kappa shape index (κ1) is 24.4. The minimum atomic E-state index is -5.08. The van der Waals surface area contributed by atoms with Crippen LogP contribution in [0.25, 0.3) is 11.0 Å². The number of amides is 1. The molecule has 0 aliphatic carbocycles. The quantitative estimate of drug-likeness (QED) is 0.590. The number of piperazine rings is 1. The smallest absolute Gasteiger partial charge is 0.475 e. The number of aryl methyl sites for hydroxylation is 1. The van der Waals surface area contributed by atoms with Crippen molar-refractivity contribution in [1.29, 1.82) is 0 Å². The number of halogens is 3. The molecule has 2 aliphatic heterocycles. The standard InChI is InChI=1S/C22H22N2O4.C2HF3O2/c1-15-11-17-3-2-4-18(21(17)28-15)22(25)24-9-7-23(8-10-24)13-16-5-6-19-20(12-16)27-14-26-19;3-2(4,5)1(6)7/h2-6,11-12H,7-10,13-14H2,1H3;(H,6,7). The van der Waals surface area contributed by atoms with Gasteiger partial charge >= 0.3 is 12.1 Å². The van der Waals surface area contributed by atoms with Crippen LogP contribution in [0.5, 0.6) is 11.5 Å². The normalized spacial score (nSPS) is 15.6. The van der Waals surface area contributed by atoms with Gasteiger partial charge in [-0.3, -0.25) is 9.69 Å². The van der Waals surface area contributed by atoms with E-state index >= 15 is 0 Å². The van der Waals surface area contributed by atoms with E-state index in [0.29, 0.717) is 31.0 Å². The molecule has 35 heavy (non-hydrogen) atoms. The van der Waals surface area contributed by atoms with Crippen molar-refractivity contribution in [3.05, 3.63) is 59.4 Å². The first-order valence-electron chi connectivity index (χ1n) is 10.8. The summed E-state index contributed by atoms with van der Waals surface area (Å²) in [5.41, 5.74) is 2.53. The number of furan rings is 1. The van der Waals surface area contributed by atoms with Gasteiger partial charge in [-0.15, -0.1) is 0 Å². The molecule has 8 nitrogen and oxygen atoms in total. The SMILES string of the molecule is Cc1cc2cccc(C(=O)N3CCN(Cc4ccc5c(c4)OCO5)CC3)c2o1.O=C(O)C(F)(F)F. The number of nitrogens with zero attached hydrogens (tertiary/aromatic N) is 2. The average Bonchev–Trinajstić information content (AvgIpc) is 3.43. The third-order valence-corrected chi connectivity index (χ3v) is 5.64. The number of para-hydroxylation sites is 1. The van der Waals surface area contributed by atoms with Gasteiger partial charge < -0.3 is 23.9 Å². The number of carboxylic acids is 1. The van der Waals surface area contributed by atoms with E-state index in [1.54, 1.807) is 0 Å². The van der Waals surface area contributed by atoms with Crippen LogP contribution in [0.15, 0.2) is 46.9 Å². The summed E-state index contributed by atoms with van der Waals surface area (Å²) < 4.78 is 48.3. The molecule has 0 radical (unpaired) electrons. The molecule has 1 amide bonds. The first-order chi connectivity index (χ1) is 16.6. The van der Waals surface area contributed by atoms with Gasteiger partial charge in [0.25, 0.3) is 5.91 Å². The Kier molecular flexibility index (Phi) is 6.88. The highest BCUT2D eigenvalue weighted by Crippen LogP contribution is 2.33. The third kappa shape index (κ3) is 5.68. The van der Waals surface area contributed by atoms with E-state index in [9.17, 15) is 18.0 Å². The Labute approximate surface area is 198 Å². The summed E-state index contributed by atoms with van der Waals surface area (Å²) in [4.78, 5) is 26.2. The molecule has 2 aliphatic rings. The van der Waals surface area contributed by atoms with Gasteiger partial charge in [-0.05, 0) is 36.8 Å². The average molecular weight is 492 g/mol. The highest BCUT2D eigenvalue weighted by Gasteiger charge is 2.38. The van der Waals surface area contributed by atoms with E-state index in [1.807, 2.05) is 48.2 Å². The van der Waals surface area contributed by atoms with Gasteiger partial charge in [-0.2, -0.15) is 13.2 Å². The van der Waals surface area contributed by atoms with Crippen LogP contribution in [-0.2, 0) is 11.3 Å². The molecule has 3 heterocycles. The summed E-state index contributed by atoms with van der Waals surface area (Å²) in [7, 11) is 0. The Balaban J connectivity index is 0.000000364. The molecule has 1 aromatic heterocycles. The van der Waals surface area contributed by atoms with Gasteiger partial charge in [0.05, 0.1) is 5.56 Å². The van der Waals surface area contributed by atoms with Gasteiger partial charge in [0, 0.05) is 38.1 Å². The van der Waals surface area contributed by atoms with Gasteiger partial charge in [-0.25, -0.2) is 4.79 Å². The zero-order chi connectivity index (χ0) is 25.2. The predicted molar refractivity (Wildman–Crippen MR) is 118 cm³/mol. The van der Waals surface area contributed by atoms with Gasteiger partial charge in [0.2, 0.25) is 6.79 Å². The third-order valence-electron chi connectivity index (χ3n) is 5.64. The number of fused-ring (bicyclic) bond motifs is 2. The predicted octanol–water partition coefficient (Wildman–Crippen LogP) is 4.06. The van der Waals surface area contributed by atoms with E-state index in [1.165, 1.54) is 5.56 Å². The maximum absolute atomic E-state index is 13.0. The summed E-state index contributed by atoms with van der Waals surface area (Å²) >= 11 is 0. The highest BCUT2D eigenvalue weighted by atomic mass is 19.4. The summed E-state index contributed by atoms with van der Waals surface area (Å²) in [5.74, 6) is -0.270. The molecule has 186 valence electrons. The number of carbonyl (C=O) groups excluding carboxylic acids is 1. The molecule has 5 rings (SSSR count). The van der Waals surface area contributed by atoms with Gasteiger partial charge in [0.15, 0.2) is 11.5 Å². The van der Waals surface area contributed by atoms with Crippen molar-refractivity contribution in [2.45, 2.75) is 19.6 Å². The van der Waals surface area contributed by atoms with Gasteiger partial charge in [0.1, 0.15) is 11.3 Å². The van der Waals surface area contributed by atoms with Crippen LogP contribution in [0, 0.1) is 6.92 Å². The second kappa shape index (κ2) is 9.87. The highest BCUT2D eigenvalue weighted by molar-refractivity contribution is 6.05. The van der Waals surface area contributed by atoms with E-state index in [-0.39, 0.29) is 5.91 Å². The number of ether oxygens (including phenoxy) is 2. The molecule has 0 saturated carbocycles. The number of rotatable bonds is 3. The number of aliphatic carboxylic acids is 1. The van der Waals surface area contributed by atoms with Gasteiger partial charge in [-0.1, -0.05) is 18.2 Å². The Hall–Kier alpha value is -3.73. The molecule has 0 atom stereocenters. The van der Waals surface area contributed by atoms with E-state index in [0.717, 1.165) is 42.3 Å². The van der Waals surface area contributed by atoms with Crippen LogP contribution in [0.4, 0.5) is 13.2 Å². The number of carboxylic acid groups (broad SMARTS) is 1. The van der Waals surface area contributed by atoms with Crippen molar-refractivity contribution < 1.29 is 41.8 Å². The maximum Gasteiger partial charge on any atom is 0.490 e. The minimum absolute atomic E-state index is 0.0441. The number of hydrogen-bond acceptors (Lipinski definition) is 6. The fourth-order valence-electron chi connectivity index (χ4n) is 3.94. The number of benzene rings is 2. The lowest BCUT2D eigenvalue weighted by atomic mass is 10.1. The summed E-state index contributed by atoms with van der Waals surface area (Å²) in [6, 6.07) is 13.8. The minimum Gasteiger partial charge on any atom is -0.475 e. The summed E-state index contributed by atoms with van der Waals surface area (Å²) in [6.45, 7) is 6.13. The van der Waals surface area contributed by atoms with Crippen molar-refractivity contribution >= 4 is 22.8 Å². The molecular weight excluding hydrogens is 469 g/mol. The van der Waals surface area contributed by atoms with Crippen molar-refractivity contribution in [1.82, 2.24) is 9.80 Å². The molecule has 0 bridgehead atoms. The number of hydrogen-bond donors (Lipinski definition) is 1. The van der Waals surface area contributed by atoms with Crippen LogP contribution in [0.3, 0.4) is 0 Å². The van der Waals surface area contributed by atoms with E-state index < -0.39 is 12.1 Å². The van der Waals surface area contributed by atoms with Crippen molar-refractivity contribution in [3.8, 4) is 11.5 Å². The lowest BCUT2D eigenvalue weighted by Crippen LogP contribution is -2.48. The molecule has 0 unspecified atom stereocenters. The lowest BCUT2D eigenvalue weighted by molar-refractivity contribution is -0.192. The van der Waals surface area contributed by atoms with Crippen LogP contribution in [0.1, 0.15) is 21.7 Å². The monoisotopic (exact) mass is 492 g/mol.